The third kappa shape index (κ3) is 3.05. The quantitative estimate of drug-likeness (QED) is 0.353. The lowest BCUT2D eigenvalue weighted by Gasteiger charge is -2.35. The topological polar surface area (TPSA) is 25.4 Å². The van der Waals surface area contributed by atoms with E-state index in [1.807, 2.05) is 13.1 Å². The summed E-state index contributed by atoms with van der Waals surface area (Å²) in [6.07, 6.45) is 1.83. The van der Waals surface area contributed by atoms with E-state index in [0.717, 1.165) is 28.6 Å². The Bertz CT molecular complexity index is 1000. The minimum atomic E-state index is 0.117. The Balaban J connectivity index is 2.00. The molecule has 3 aromatic rings. The lowest BCUT2D eigenvalue weighted by atomic mass is 9.84. The van der Waals surface area contributed by atoms with Gasteiger partial charge in [0.25, 0.3) is 0 Å². The first-order chi connectivity index (χ1) is 13.1. The van der Waals surface area contributed by atoms with Gasteiger partial charge in [0.2, 0.25) is 0 Å². The zero-order valence-electron chi connectivity index (χ0n) is 17.8. The zero-order chi connectivity index (χ0) is 20.2. The molecule has 0 unspecified atom stereocenters. The second kappa shape index (κ2) is 6.37. The van der Waals surface area contributed by atoms with Gasteiger partial charge in [0.1, 0.15) is 0 Å². The molecule has 0 fully saturated rings. The van der Waals surface area contributed by atoms with Crippen LogP contribution in [0.3, 0.4) is 0 Å². The fourth-order valence-corrected chi connectivity index (χ4v) is 3.91. The van der Waals surface area contributed by atoms with E-state index < -0.39 is 0 Å². The van der Waals surface area contributed by atoms with Crippen molar-refractivity contribution < 1.29 is 4.74 Å². The molecule has 0 atom stereocenters. The van der Waals surface area contributed by atoms with Crippen LogP contribution in [0.1, 0.15) is 48.7 Å². The second-order valence-corrected chi connectivity index (χ2v) is 8.91. The summed E-state index contributed by atoms with van der Waals surface area (Å²) in [7, 11) is 0. The monoisotopic (exact) mass is 372 g/mol. The van der Waals surface area contributed by atoms with Crippen LogP contribution >= 0.6 is 0 Å². The number of benzene rings is 2. The van der Waals surface area contributed by atoms with Crippen LogP contribution < -0.4 is 9.64 Å². The number of hydrogen-bond donors (Lipinski definition) is 0. The van der Waals surface area contributed by atoms with Crippen molar-refractivity contribution in [3.05, 3.63) is 70.5 Å². The summed E-state index contributed by atoms with van der Waals surface area (Å²) in [5.41, 5.74) is 9.53. The average molecular weight is 373 g/mol. The highest BCUT2D eigenvalue weighted by molar-refractivity contribution is 5.88. The van der Waals surface area contributed by atoms with E-state index in [2.05, 4.69) is 87.8 Å². The summed E-state index contributed by atoms with van der Waals surface area (Å²) in [5.74, 6) is 1.66. The molecule has 3 heteroatoms. The molecule has 0 bridgehead atoms. The van der Waals surface area contributed by atoms with Gasteiger partial charge in [-0.05, 0) is 73.6 Å². The number of aromatic nitrogens is 1. The molecule has 1 aliphatic heterocycles. The zero-order valence-corrected chi connectivity index (χ0v) is 17.8. The van der Waals surface area contributed by atoms with Gasteiger partial charge in [0.05, 0.1) is 23.3 Å². The molecular formula is C25H28N2O. The average Bonchev–Trinajstić information content (AvgIpc) is 2.60. The van der Waals surface area contributed by atoms with Crippen LogP contribution in [-0.2, 0) is 5.41 Å². The third-order valence-corrected chi connectivity index (χ3v) is 5.38. The molecule has 144 valence electrons. The highest BCUT2D eigenvalue weighted by Gasteiger charge is 2.29. The molecular weight excluding hydrogens is 344 g/mol. The van der Waals surface area contributed by atoms with Gasteiger partial charge in [-0.25, -0.2) is 0 Å². The minimum Gasteiger partial charge on any atom is -0.451 e. The van der Waals surface area contributed by atoms with Crippen LogP contribution in [0.15, 0.2) is 42.6 Å². The van der Waals surface area contributed by atoms with E-state index in [4.69, 9.17) is 4.74 Å². The van der Waals surface area contributed by atoms with Crippen molar-refractivity contribution in [3.8, 4) is 11.5 Å². The van der Waals surface area contributed by atoms with E-state index in [-0.39, 0.29) is 5.41 Å². The van der Waals surface area contributed by atoms with Gasteiger partial charge in [0.15, 0.2) is 11.5 Å². The molecule has 0 saturated heterocycles. The van der Waals surface area contributed by atoms with Crippen molar-refractivity contribution in [2.45, 2.75) is 53.9 Å². The molecule has 0 saturated carbocycles. The van der Waals surface area contributed by atoms with Crippen LogP contribution in [0, 0.1) is 27.7 Å². The Morgan fingerprint density at radius 1 is 0.821 bits per heavy atom. The highest BCUT2D eigenvalue weighted by atomic mass is 16.5. The number of anilines is 3. The third-order valence-electron chi connectivity index (χ3n) is 5.38. The first-order valence-electron chi connectivity index (χ1n) is 9.82. The molecule has 3 nitrogen and oxygen atoms in total. The van der Waals surface area contributed by atoms with Gasteiger partial charge in [-0.2, -0.15) is 0 Å². The standard InChI is InChI=1S/C25H28N2O/c1-15-8-9-22-20(10-15)27(21-13-18(4)26-14-23(21)28-22)24-16(2)11-19(12-17(24)3)25(5,6)7/h8-14H,1-7H3. The van der Waals surface area contributed by atoms with Crippen LogP contribution in [-0.4, -0.2) is 4.98 Å². The fraction of sp³-hybridized carbons (Fsp3) is 0.320. The summed E-state index contributed by atoms with van der Waals surface area (Å²) in [4.78, 5) is 6.79. The molecule has 28 heavy (non-hydrogen) atoms. The summed E-state index contributed by atoms with van der Waals surface area (Å²) in [6.45, 7) is 15.3. The molecule has 0 N–H and O–H groups in total. The predicted molar refractivity (Wildman–Crippen MR) is 117 cm³/mol. The molecule has 2 aromatic carbocycles. The summed E-state index contributed by atoms with van der Waals surface area (Å²) in [6, 6.07) is 13.1. The van der Waals surface area contributed by atoms with Crippen molar-refractivity contribution in [2.24, 2.45) is 0 Å². The van der Waals surface area contributed by atoms with E-state index in [1.165, 1.54) is 27.9 Å². The lowest BCUT2D eigenvalue weighted by Crippen LogP contribution is -2.20. The first-order valence-corrected chi connectivity index (χ1v) is 9.82. The Kier molecular flexibility index (Phi) is 4.22. The maximum absolute atomic E-state index is 6.19. The molecule has 0 amide bonds. The molecule has 1 aromatic heterocycles. The van der Waals surface area contributed by atoms with Crippen LogP contribution in [0.25, 0.3) is 0 Å². The number of fused-ring (bicyclic) bond motifs is 2. The lowest BCUT2D eigenvalue weighted by molar-refractivity contribution is 0.474. The molecule has 0 aliphatic carbocycles. The second-order valence-electron chi connectivity index (χ2n) is 8.91. The smallest absolute Gasteiger partial charge is 0.169 e. The number of pyridine rings is 1. The van der Waals surface area contributed by atoms with Gasteiger partial charge in [-0.15, -0.1) is 0 Å². The molecule has 4 rings (SSSR count). The van der Waals surface area contributed by atoms with Crippen molar-refractivity contribution in [2.75, 3.05) is 4.90 Å². The van der Waals surface area contributed by atoms with Gasteiger partial charge < -0.3 is 9.64 Å². The number of rotatable bonds is 1. The van der Waals surface area contributed by atoms with Crippen molar-refractivity contribution >= 4 is 17.1 Å². The summed E-state index contributed by atoms with van der Waals surface area (Å²) >= 11 is 0. The summed E-state index contributed by atoms with van der Waals surface area (Å²) in [5, 5.41) is 0. The Morgan fingerprint density at radius 2 is 1.46 bits per heavy atom. The maximum Gasteiger partial charge on any atom is 0.169 e. The fourth-order valence-electron chi connectivity index (χ4n) is 3.91. The Morgan fingerprint density at radius 3 is 2.11 bits per heavy atom. The first kappa shape index (κ1) is 18.5. The van der Waals surface area contributed by atoms with Crippen molar-refractivity contribution in [1.82, 2.24) is 4.98 Å². The molecule has 0 radical (unpaired) electrons. The van der Waals surface area contributed by atoms with Gasteiger partial charge in [-0.3, -0.25) is 4.98 Å². The maximum atomic E-state index is 6.19. The van der Waals surface area contributed by atoms with Crippen LogP contribution in [0.4, 0.5) is 17.1 Å². The molecule has 0 spiro atoms. The normalized spacial score (nSPS) is 13.0. The van der Waals surface area contributed by atoms with E-state index >= 15 is 0 Å². The van der Waals surface area contributed by atoms with Crippen molar-refractivity contribution in [3.63, 3.8) is 0 Å². The molecule has 2 heterocycles. The Hall–Kier alpha value is -2.81. The van der Waals surface area contributed by atoms with Crippen LogP contribution in [0.2, 0.25) is 0 Å². The summed E-state index contributed by atoms with van der Waals surface area (Å²) < 4.78 is 6.19. The Labute approximate surface area is 168 Å². The van der Waals surface area contributed by atoms with Crippen LogP contribution in [0.5, 0.6) is 11.5 Å². The molecule has 1 aliphatic rings. The number of aryl methyl sites for hydroxylation is 4. The number of hydrogen-bond acceptors (Lipinski definition) is 3. The highest BCUT2D eigenvalue weighted by Crippen LogP contribution is 2.52. The van der Waals surface area contributed by atoms with Gasteiger partial charge in [-0.1, -0.05) is 39.0 Å². The SMILES string of the molecule is Cc1ccc2c(c1)N(c1c(C)cc(C(C)(C)C)cc1C)c1cc(C)ncc1O2. The minimum absolute atomic E-state index is 0.117. The van der Waals surface area contributed by atoms with E-state index in [0.29, 0.717) is 0 Å². The predicted octanol–water partition coefficient (Wildman–Crippen LogP) is 7.19. The van der Waals surface area contributed by atoms with Crippen molar-refractivity contribution in [1.29, 1.82) is 0 Å². The van der Waals surface area contributed by atoms with Gasteiger partial charge >= 0.3 is 0 Å². The number of ether oxygens (including phenoxy) is 1. The van der Waals surface area contributed by atoms with Gasteiger partial charge in [0, 0.05) is 5.69 Å². The number of nitrogens with zero attached hydrogens (tertiary/aromatic N) is 2. The van der Waals surface area contributed by atoms with E-state index in [9.17, 15) is 0 Å². The van der Waals surface area contributed by atoms with E-state index in [1.54, 1.807) is 0 Å². The largest absolute Gasteiger partial charge is 0.451 e.